The van der Waals surface area contributed by atoms with Crippen molar-refractivity contribution in [2.24, 2.45) is 17.6 Å². The Balaban J connectivity index is 1.85. The van der Waals surface area contributed by atoms with Gasteiger partial charge in [0.1, 0.15) is 11.4 Å². The Hall–Kier alpha value is -2.69. The molecule has 2 atom stereocenters. The molecule has 0 bridgehead atoms. The van der Waals surface area contributed by atoms with Crippen molar-refractivity contribution in [1.82, 2.24) is 15.5 Å². The van der Waals surface area contributed by atoms with Crippen LogP contribution in [0.5, 0.6) is 0 Å². The first-order chi connectivity index (χ1) is 19.3. The number of hydrogen-bond acceptors (Lipinski definition) is 7. The van der Waals surface area contributed by atoms with E-state index in [2.05, 4.69) is 15.5 Å². The molecular formula is C28H31Cl4N5O4. The number of nitrogens with zero attached hydrogens (tertiary/aromatic N) is 3. The molecule has 3 N–H and O–H groups in total. The van der Waals surface area contributed by atoms with E-state index >= 15 is 0 Å². The lowest BCUT2D eigenvalue weighted by Crippen LogP contribution is -2.52. The van der Waals surface area contributed by atoms with Crippen LogP contribution in [-0.4, -0.2) is 51.2 Å². The number of anilines is 1. The van der Waals surface area contributed by atoms with Crippen molar-refractivity contribution in [3.63, 3.8) is 0 Å². The molecule has 1 aromatic carbocycles. The number of alkyl halides is 2. The van der Waals surface area contributed by atoms with E-state index in [1.165, 1.54) is 11.1 Å². The average molecular weight is 643 g/mol. The topological polar surface area (TPSA) is 131 Å². The molecule has 3 aromatic rings. The summed E-state index contributed by atoms with van der Waals surface area (Å²) >= 11 is 24.5. The van der Waals surface area contributed by atoms with Gasteiger partial charge in [0.25, 0.3) is 5.91 Å². The second kappa shape index (κ2) is 14.5. The van der Waals surface area contributed by atoms with Crippen molar-refractivity contribution in [3.05, 3.63) is 52.6 Å². The number of Topliss-reactive ketones (excluding diaryl/α,β-unsaturated/α-hetero) is 1. The summed E-state index contributed by atoms with van der Waals surface area (Å²) < 4.78 is 5.50. The maximum absolute atomic E-state index is 13.2. The smallest absolute Gasteiger partial charge is 0.260 e. The van der Waals surface area contributed by atoms with Gasteiger partial charge in [0, 0.05) is 36.5 Å². The minimum atomic E-state index is -1.38. The van der Waals surface area contributed by atoms with Crippen molar-refractivity contribution in [3.8, 4) is 22.7 Å². The number of carbonyl (C=O) groups excluding carboxylic acids is 3. The number of carbonyl (C=O) groups is 3. The van der Waals surface area contributed by atoms with Crippen LogP contribution in [0, 0.1) is 11.8 Å². The molecule has 0 saturated heterocycles. The van der Waals surface area contributed by atoms with E-state index in [0.717, 1.165) is 0 Å². The molecule has 2 unspecified atom stereocenters. The second-order valence-corrected chi connectivity index (χ2v) is 12.0. The van der Waals surface area contributed by atoms with Crippen LogP contribution in [0.1, 0.15) is 34.1 Å². The zero-order chi connectivity index (χ0) is 30.4. The number of halogens is 4. The first kappa shape index (κ1) is 32.8. The lowest BCUT2D eigenvalue weighted by molar-refractivity contribution is -0.130. The van der Waals surface area contributed by atoms with Crippen molar-refractivity contribution >= 4 is 69.7 Å². The van der Waals surface area contributed by atoms with Gasteiger partial charge in [-0.3, -0.25) is 19.4 Å². The molecule has 0 aliphatic heterocycles. The van der Waals surface area contributed by atoms with Gasteiger partial charge in [-0.1, -0.05) is 85.3 Å². The lowest BCUT2D eigenvalue weighted by atomic mass is 9.96. The first-order valence-corrected chi connectivity index (χ1v) is 14.5. The van der Waals surface area contributed by atoms with E-state index in [1.54, 1.807) is 36.4 Å². The highest BCUT2D eigenvalue weighted by Gasteiger charge is 2.29. The molecule has 0 fully saturated rings. The summed E-state index contributed by atoms with van der Waals surface area (Å²) in [6, 6.07) is 8.33. The normalized spacial score (nSPS) is 13.0. The Kier molecular flexibility index (Phi) is 11.6. The molecule has 0 aliphatic carbocycles. The Labute approximate surface area is 258 Å². The molecule has 2 aromatic heterocycles. The fourth-order valence-corrected chi connectivity index (χ4v) is 4.84. The van der Waals surface area contributed by atoms with Crippen molar-refractivity contribution in [1.29, 1.82) is 0 Å². The summed E-state index contributed by atoms with van der Waals surface area (Å²) in [7, 11) is 0. The largest absolute Gasteiger partial charge is 0.354 e. The third-order valence-electron chi connectivity index (χ3n) is 6.40. The van der Waals surface area contributed by atoms with Crippen LogP contribution in [-0.2, 0) is 14.4 Å². The van der Waals surface area contributed by atoms with Gasteiger partial charge in [0.2, 0.25) is 5.91 Å². The fourth-order valence-electron chi connectivity index (χ4n) is 4.01. The Morgan fingerprint density at radius 2 is 1.66 bits per heavy atom. The molecule has 0 radical (unpaired) electrons. The summed E-state index contributed by atoms with van der Waals surface area (Å²) in [5.41, 5.74) is 7.59. The number of hydrogen-bond donors (Lipinski definition) is 2. The molecule has 0 saturated carbocycles. The molecule has 3 rings (SSSR count). The fraction of sp³-hybridized carbons (Fsp3) is 0.393. The molecule has 2 amide bonds. The highest BCUT2D eigenvalue weighted by atomic mass is 35.5. The number of pyridine rings is 1. The monoisotopic (exact) mass is 641 g/mol. The van der Waals surface area contributed by atoms with Crippen LogP contribution in [0.3, 0.4) is 0 Å². The van der Waals surface area contributed by atoms with E-state index < -0.39 is 28.7 Å². The number of nitrogens with two attached hydrogens (primary N) is 1. The van der Waals surface area contributed by atoms with E-state index in [-0.39, 0.29) is 30.6 Å². The SMILES string of the molecule is CC(C)C(N)C(=O)NC(C(=O)CCN(C(=O)C(Cl)Cl)c1ccnc(-c2cc(-c3c(Cl)cccc3Cl)no2)c1)C(C)C. The number of ketones is 1. The number of rotatable bonds is 12. The van der Waals surface area contributed by atoms with Gasteiger partial charge in [-0.25, -0.2) is 0 Å². The second-order valence-electron chi connectivity index (χ2n) is 10.1. The summed E-state index contributed by atoms with van der Waals surface area (Å²) in [6.45, 7) is 7.23. The van der Waals surface area contributed by atoms with Gasteiger partial charge in [-0.05, 0) is 36.1 Å². The molecule has 13 heteroatoms. The van der Waals surface area contributed by atoms with Crippen molar-refractivity contribution in [2.75, 3.05) is 11.4 Å². The van der Waals surface area contributed by atoms with Crippen LogP contribution < -0.4 is 16.0 Å². The van der Waals surface area contributed by atoms with Crippen LogP contribution >= 0.6 is 46.4 Å². The summed E-state index contributed by atoms with van der Waals surface area (Å²) in [5, 5.41) is 7.62. The zero-order valence-electron chi connectivity index (χ0n) is 22.9. The lowest BCUT2D eigenvalue weighted by Gasteiger charge is -2.27. The van der Waals surface area contributed by atoms with Gasteiger partial charge >= 0.3 is 0 Å². The predicted octanol–water partition coefficient (Wildman–Crippen LogP) is 5.93. The maximum Gasteiger partial charge on any atom is 0.260 e. The van der Waals surface area contributed by atoms with Crippen LogP contribution in [0.2, 0.25) is 10.0 Å². The van der Waals surface area contributed by atoms with Crippen molar-refractivity contribution < 1.29 is 18.9 Å². The standard InChI is InChI=1S/C28H31Cl4N5O4/c1-14(2)24(33)27(39)35-25(15(3)4)21(38)9-11-37(28(40)26(31)32)16-8-10-34-19(12-16)22-13-20(36-41-22)23-17(29)6-5-7-18(23)30/h5-8,10,12-15,24-26H,9,11,33H2,1-4H3,(H,35,39). The Morgan fingerprint density at radius 3 is 2.24 bits per heavy atom. The molecule has 41 heavy (non-hydrogen) atoms. The van der Waals surface area contributed by atoms with Crippen LogP contribution in [0.25, 0.3) is 22.7 Å². The molecule has 220 valence electrons. The number of aromatic nitrogens is 2. The van der Waals surface area contributed by atoms with E-state index in [0.29, 0.717) is 38.4 Å². The summed E-state index contributed by atoms with van der Waals surface area (Å²) in [4.78, 5) is 43.0. The predicted molar refractivity (Wildman–Crippen MR) is 162 cm³/mol. The molecule has 0 spiro atoms. The summed E-state index contributed by atoms with van der Waals surface area (Å²) in [6.07, 6.45) is 1.39. The molecule has 0 aliphatic rings. The van der Waals surface area contributed by atoms with E-state index in [9.17, 15) is 14.4 Å². The average Bonchev–Trinajstić information content (AvgIpc) is 3.40. The van der Waals surface area contributed by atoms with Crippen LogP contribution in [0.4, 0.5) is 5.69 Å². The molecule has 9 nitrogen and oxygen atoms in total. The number of amides is 2. The van der Waals surface area contributed by atoms with E-state index in [1.807, 2.05) is 27.7 Å². The van der Waals surface area contributed by atoms with Crippen molar-refractivity contribution in [2.45, 2.75) is 51.0 Å². The molecular weight excluding hydrogens is 612 g/mol. The third kappa shape index (κ3) is 8.20. The summed E-state index contributed by atoms with van der Waals surface area (Å²) in [5.74, 6) is -1.33. The minimum Gasteiger partial charge on any atom is -0.354 e. The third-order valence-corrected chi connectivity index (χ3v) is 7.41. The van der Waals surface area contributed by atoms with Gasteiger partial charge < -0.3 is 20.5 Å². The van der Waals surface area contributed by atoms with Gasteiger partial charge in [-0.2, -0.15) is 0 Å². The highest BCUT2D eigenvalue weighted by Crippen LogP contribution is 2.36. The Bertz CT molecular complexity index is 1380. The maximum atomic E-state index is 13.2. The Morgan fingerprint density at radius 1 is 1.00 bits per heavy atom. The molecule has 2 heterocycles. The minimum absolute atomic E-state index is 0.0523. The number of benzene rings is 1. The van der Waals surface area contributed by atoms with Gasteiger partial charge in [0.15, 0.2) is 16.4 Å². The highest BCUT2D eigenvalue weighted by molar-refractivity contribution is 6.54. The van der Waals surface area contributed by atoms with Crippen LogP contribution in [0.15, 0.2) is 47.1 Å². The zero-order valence-corrected chi connectivity index (χ0v) is 25.9. The first-order valence-electron chi connectivity index (χ1n) is 12.9. The van der Waals surface area contributed by atoms with Gasteiger partial charge in [0.05, 0.1) is 22.1 Å². The van der Waals surface area contributed by atoms with E-state index in [4.69, 9.17) is 56.7 Å². The number of nitrogens with one attached hydrogen (secondary N) is 1. The quantitative estimate of drug-likeness (QED) is 0.234. The van der Waals surface area contributed by atoms with Gasteiger partial charge in [-0.15, -0.1) is 0 Å².